The Labute approximate surface area is 135 Å². The third kappa shape index (κ3) is 2.24. The normalized spacial score (nSPS) is 10.9. The van der Waals surface area contributed by atoms with Gasteiger partial charge < -0.3 is 4.57 Å². The van der Waals surface area contributed by atoms with Crippen LogP contribution in [-0.4, -0.2) is 18.7 Å². The van der Waals surface area contributed by atoms with Crippen LogP contribution in [0.1, 0.15) is 11.1 Å². The van der Waals surface area contributed by atoms with Crippen molar-refractivity contribution in [3.8, 4) is 6.07 Å². The third-order valence-electron chi connectivity index (χ3n) is 3.77. The monoisotopic (exact) mass is 329 g/mol. The molecule has 0 aliphatic heterocycles. The molecule has 0 atom stereocenters. The van der Waals surface area contributed by atoms with Crippen LogP contribution in [0.4, 0.5) is 0 Å². The zero-order chi connectivity index (χ0) is 16.7. The molecule has 0 radical (unpaired) electrons. The molecule has 0 fully saturated rings. The molecule has 3 rings (SSSR count). The molecule has 7 nitrogen and oxygen atoms in total. The molecule has 0 saturated carbocycles. The number of rotatable bonds is 2. The molecule has 3 aromatic rings. The van der Waals surface area contributed by atoms with Crippen molar-refractivity contribution in [2.24, 2.45) is 14.1 Å². The zero-order valence-electron chi connectivity index (χ0n) is 12.4. The molecule has 2 aromatic heterocycles. The summed E-state index contributed by atoms with van der Waals surface area (Å²) in [5.41, 5.74) is 0.710. The summed E-state index contributed by atoms with van der Waals surface area (Å²) in [4.78, 5) is 28.5. The number of nitriles is 1. The highest BCUT2D eigenvalue weighted by Gasteiger charge is 2.18. The van der Waals surface area contributed by atoms with Gasteiger partial charge in [0.25, 0.3) is 5.56 Å². The van der Waals surface area contributed by atoms with Crippen molar-refractivity contribution in [3.63, 3.8) is 0 Å². The number of aryl methyl sites for hydroxylation is 1. The molecule has 8 heteroatoms. The van der Waals surface area contributed by atoms with Gasteiger partial charge in [-0.3, -0.25) is 13.9 Å². The van der Waals surface area contributed by atoms with Gasteiger partial charge in [-0.2, -0.15) is 10.2 Å². The van der Waals surface area contributed by atoms with Crippen LogP contribution in [0.25, 0.3) is 11.2 Å². The van der Waals surface area contributed by atoms with E-state index in [-0.39, 0.29) is 23.0 Å². The van der Waals surface area contributed by atoms with Crippen LogP contribution in [0.2, 0.25) is 5.28 Å². The SMILES string of the molecule is Cn1c(=O)c2c(nc(Cl)n2Cc2ccccc2C#N)n(C)c1=O. The van der Waals surface area contributed by atoms with Crippen LogP contribution in [-0.2, 0) is 20.6 Å². The predicted molar refractivity (Wildman–Crippen MR) is 85.5 cm³/mol. The second-order valence-corrected chi connectivity index (χ2v) is 5.45. The Morgan fingerprint density at radius 3 is 2.61 bits per heavy atom. The summed E-state index contributed by atoms with van der Waals surface area (Å²) in [5.74, 6) is 0. The van der Waals surface area contributed by atoms with Gasteiger partial charge >= 0.3 is 5.69 Å². The van der Waals surface area contributed by atoms with Crippen molar-refractivity contribution in [2.45, 2.75) is 6.54 Å². The molecule has 0 N–H and O–H groups in total. The Morgan fingerprint density at radius 2 is 1.91 bits per heavy atom. The van der Waals surface area contributed by atoms with Crippen molar-refractivity contribution < 1.29 is 0 Å². The fourth-order valence-corrected chi connectivity index (χ4v) is 2.73. The standard InChI is InChI=1S/C15H12ClN5O2/c1-19-12-11(13(22)20(2)15(19)23)21(14(16)18-12)8-10-6-4-3-5-9(10)7-17/h3-6H,8H2,1-2H3. The smallest absolute Gasteiger partial charge is 0.304 e. The highest BCUT2D eigenvalue weighted by molar-refractivity contribution is 6.29. The van der Waals surface area contributed by atoms with Gasteiger partial charge in [-0.1, -0.05) is 18.2 Å². The van der Waals surface area contributed by atoms with Crippen LogP contribution in [0.5, 0.6) is 0 Å². The Hall–Kier alpha value is -2.85. The Balaban J connectivity index is 2.31. The van der Waals surface area contributed by atoms with Gasteiger partial charge in [-0.15, -0.1) is 0 Å². The van der Waals surface area contributed by atoms with Crippen molar-refractivity contribution in [1.29, 1.82) is 5.26 Å². The number of halogens is 1. The fraction of sp³-hybridized carbons (Fsp3) is 0.200. The number of fused-ring (bicyclic) bond motifs is 1. The van der Waals surface area contributed by atoms with Gasteiger partial charge in [0.1, 0.15) is 0 Å². The number of hydrogen-bond acceptors (Lipinski definition) is 4. The predicted octanol–water partition coefficient (Wildman–Crippen LogP) is 1.01. The van der Waals surface area contributed by atoms with Crippen molar-refractivity contribution in [1.82, 2.24) is 18.7 Å². The zero-order valence-corrected chi connectivity index (χ0v) is 13.2. The Morgan fingerprint density at radius 1 is 1.22 bits per heavy atom. The molecule has 116 valence electrons. The van der Waals surface area contributed by atoms with E-state index in [1.54, 1.807) is 24.3 Å². The molecule has 0 spiro atoms. The topological polar surface area (TPSA) is 85.6 Å². The molecule has 0 aliphatic rings. The fourth-order valence-electron chi connectivity index (χ4n) is 2.50. The summed E-state index contributed by atoms with van der Waals surface area (Å²) in [5, 5.41) is 9.28. The van der Waals surface area contributed by atoms with Crippen LogP contribution in [0, 0.1) is 11.3 Å². The van der Waals surface area contributed by atoms with Crippen LogP contribution in [0.15, 0.2) is 33.9 Å². The van der Waals surface area contributed by atoms with Gasteiger partial charge in [0.05, 0.1) is 18.2 Å². The maximum atomic E-state index is 12.4. The lowest BCUT2D eigenvalue weighted by Crippen LogP contribution is -2.37. The maximum absolute atomic E-state index is 12.4. The van der Waals surface area contributed by atoms with E-state index in [2.05, 4.69) is 11.1 Å². The molecule has 0 saturated heterocycles. The molecular weight excluding hydrogens is 318 g/mol. The van der Waals surface area contributed by atoms with Gasteiger partial charge in [-0.25, -0.2) is 4.79 Å². The largest absolute Gasteiger partial charge is 0.332 e. The highest BCUT2D eigenvalue weighted by atomic mass is 35.5. The van der Waals surface area contributed by atoms with E-state index in [9.17, 15) is 14.9 Å². The molecule has 0 bridgehead atoms. The van der Waals surface area contributed by atoms with E-state index in [1.165, 1.54) is 23.2 Å². The number of imidazole rings is 1. The lowest BCUT2D eigenvalue weighted by Gasteiger charge is -2.08. The quantitative estimate of drug-likeness (QED) is 0.657. The van der Waals surface area contributed by atoms with E-state index in [0.29, 0.717) is 11.1 Å². The summed E-state index contributed by atoms with van der Waals surface area (Å²) in [6, 6.07) is 9.15. The van der Waals surface area contributed by atoms with E-state index in [0.717, 1.165) is 4.57 Å². The van der Waals surface area contributed by atoms with Gasteiger partial charge in [0.15, 0.2) is 11.2 Å². The first-order valence-corrected chi connectivity index (χ1v) is 7.13. The molecule has 2 heterocycles. The number of aromatic nitrogens is 4. The van der Waals surface area contributed by atoms with Gasteiger partial charge in [-0.05, 0) is 23.2 Å². The van der Waals surface area contributed by atoms with E-state index < -0.39 is 11.2 Å². The molecule has 0 aliphatic carbocycles. The number of benzene rings is 1. The molecule has 0 unspecified atom stereocenters. The Bertz CT molecular complexity index is 1080. The molecular formula is C15H12ClN5O2. The maximum Gasteiger partial charge on any atom is 0.332 e. The minimum absolute atomic E-state index is 0.0889. The average molecular weight is 330 g/mol. The number of nitrogens with zero attached hydrogens (tertiary/aromatic N) is 5. The average Bonchev–Trinajstić information content (AvgIpc) is 2.88. The minimum Gasteiger partial charge on any atom is -0.304 e. The summed E-state index contributed by atoms with van der Waals surface area (Å²) in [6.07, 6.45) is 0. The van der Waals surface area contributed by atoms with Crippen molar-refractivity contribution in [2.75, 3.05) is 0 Å². The first kappa shape index (κ1) is 15.1. The minimum atomic E-state index is -0.475. The summed E-state index contributed by atoms with van der Waals surface area (Å²) < 4.78 is 3.79. The van der Waals surface area contributed by atoms with Crippen LogP contribution < -0.4 is 11.2 Å². The van der Waals surface area contributed by atoms with Gasteiger partial charge in [0, 0.05) is 14.1 Å². The summed E-state index contributed by atoms with van der Waals surface area (Å²) >= 11 is 6.17. The second kappa shape index (κ2) is 5.41. The first-order chi connectivity index (χ1) is 11.0. The third-order valence-corrected chi connectivity index (χ3v) is 4.06. The number of hydrogen-bond donors (Lipinski definition) is 0. The van der Waals surface area contributed by atoms with Crippen LogP contribution in [0.3, 0.4) is 0 Å². The first-order valence-electron chi connectivity index (χ1n) is 6.75. The summed E-state index contributed by atoms with van der Waals surface area (Å²) in [6.45, 7) is 0.215. The molecule has 1 aromatic carbocycles. The van der Waals surface area contributed by atoms with E-state index >= 15 is 0 Å². The highest BCUT2D eigenvalue weighted by Crippen LogP contribution is 2.19. The van der Waals surface area contributed by atoms with E-state index in [1.807, 2.05) is 0 Å². The molecule has 23 heavy (non-hydrogen) atoms. The lowest BCUT2D eigenvalue weighted by molar-refractivity contribution is 0.702. The van der Waals surface area contributed by atoms with Crippen molar-refractivity contribution >= 4 is 22.8 Å². The van der Waals surface area contributed by atoms with Crippen LogP contribution >= 0.6 is 11.6 Å². The van der Waals surface area contributed by atoms with Gasteiger partial charge in [0.2, 0.25) is 5.28 Å². The second-order valence-electron chi connectivity index (χ2n) is 5.11. The lowest BCUT2D eigenvalue weighted by atomic mass is 10.1. The van der Waals surface area contributed by atoms with Crippen molar-refractivity contribution in [3.05, 3.63) is 61.5 Å². The van der Waals surface area contributed by atoms with E-state index in [4.69, 9.17) is 11.6 Å². The summed E-state index contributed by atoms with van der Waals surface area (Å²) in [7, 11) is 2.93. The molecule has 0 amide bonds. The Kier molecular flexibility index (Phi) is 3.54.